The molecule has 0 spiro atoms. The Morgan fingerprint density at radius 3 is 2.48 bits per heavy atom. The zero-order valence-corrected chi connectivity index (χ0v) is 19.2. The van der Waals surface area contributed by atoms with Gasteiger partial charge in [-0.05, 0) is 56.7 Å². The Morgan fingerprint density at radius 2 is 1.85 bits per heavy atom. The van der Waals surface area contributed by atoms with Gasteiger partial charge < -0.3 is 19.3 Å². The van der Waals surface area contributed by atoms with Crippen LogP contribution in [0, 0.1) is 23.7 Å². The van der Waals surface area contributed by atoms with E-state index in [0.717, 1.165) is 61.8 Å². The Hall–Kier alpha value is -3.06. The monoisotopic (exact) mass is 452 g/mol. The molecule has 33 heavy (non-hydrogen) atoms. The number of methoxy groups -OCH3 is 1. The van der Waals surface area contributed by atoms with Gasteiger partial charge in [0.15, 0.2) is 6.29 Å². The van der Waals surface area contributed by atoms with Gasteiger partial charge in [0.25, 0.3) is 0 Å². The molecule has 0 amide bonds. The van der Waals surface area contributed by atoms with E-state index in [1.54, 1.807) is 6.08 Å². The van der Waals surface area contributed by atoms with Crippen LogP contribution in [0.1, 0.15) is 74.5 Å². The molecule has 0 aliphatic carbocycles. The van der Waals surface area contributed by atoms with Crippen LogP contribution in [0.2, 0.25) is 0 Å². The standard InChI is InChI=1S/C27H32O6/c1-31-26(30)19-18-24-22(14-11-15-23(24)13-6-4-7-16-25(28)29)12-5-2-3-9-20-32-27-17-8-10-21-33-27/h11,14-15,18-19,27H,2-4,7-10,16-17,20-21H2,1H3,(H,28,29)/b19-18+. The first-order chi connectivity index (χ1) is 16.1. The molecule has 2 rings (SSSR count). The maximum Gasteiger partial charge on any atom is 0.330 e. The number of esters is 1. The molecule has 1 aliphatic rings. The molecular formula is C27H32O6. The molecule has 1 atom stereocenters. The number of benzene rings is 1. The zero-order valence-electron chi connectivity index (χ0n) is 19.2. The van der Waals surface area contributed by atoms with Crippen LogP contribution in [-0.4, -0.2) is 43.7 Å². The molecule has 1 aliphatic heterocycles. The highest BCUT2D eigenvalue weighted by Gasteiger charge is 2.13. The fraction of sp³-hybridized carbons (Fsp3) is 0.481. The number of carbonyl (C=O) groups excluding carboxylic acids is 1. The third-order valence-electron chi connectivity index (χ3n) is 4.97. The number of ether oxygens (including phenoxy) is 3. The molecule has 1 saturated heterocycles. The Labute approximate surface area is 196 Å². The van der Waals surface area contributed by atoms with Gasteiger partial charge in [-0.25, -0.2) is 4.79 Å². The van der Waals surface area contributed by atoms with Crippen molar-refractivity contribution in [2.45, 2.75) is 64.1 Å². The number of aliphatic carboxylic acids is 1. The summed E-state index contributed by atoms with van der Waals surface area (Å²) >= 11 is 0. The number of unbranched alkanes of at least 4 members (excludes halogenated alkanes) is 3. The van der Waals surface area contributed by atoms with Crippen molar-refractivity contribution >= 4 is 18.0 Å². The third-order valence-corrected chi connectivity index (χ3v) is 4.97. The minimum absolute atomic E-state index is 0.0537. The zero-order chi connectivity index (χ0) is 23.7. The van der Waals surface area contributed by atoms with Crippen molar-refractivity contribution in [3.63, 3.8) is 0 Å². The van der Waals surface area contributed by atoms with Crippen LogP contribution in [0.3, 0.4) is 0 Å². The Balaban J connectivity index is 1.97. The van der Waals surface area contributed by atoms with E-state index in [4.69, 9.17) is 19.3 Å². The summed E-state index contributed by atoms with van der Waals surface area (Å²) in [4.78, 5) is 22.2. The van der Waals surface area contributed by atoms with Crippen LogP contribution < -0.4 is 0 Å². The van der Waals surface area contributed by atoms with Crippen molar-refractivity contribution in [2.75, 3.05) is 20.3 Å². The number of rotatable bonds is 10. The van der Waals surface area contributed by atoms with E-state index in [2.05, 4.69) is 23.7 Å². The fourth-order valence-corrected chi connectivity index (χ4v) is 3.20. The van der Waals surface area contributed by atoms with Gasteiger partial charge in [-0.3, -0.25) is 4.79 Å². The summed E-state index contributed by atoms with van der Waals surface area (Å²) in [6.45, 7) is 1.46. The van der Waals surface area contributed by atoms with Crippen molar-refractivity contribution < 1.29 is 28.9 Å². The van der Waals surface area contributed by atoms with E-state index in [0.29, 0.717) is 19.4 Å². The predicted octanol–water partition coefficient (Wildman–Crippen LogP) is 4.54. The molecule has 1 fully saturated rings. The third kappa shape index (κ3) is 10.9. The van der Waals surface area contributed by atoms with Gasteiger partial charge in [0.1, 0.15) is 0 Å². The summed E-state index contributed by atoms with van der Waals surface area (Å²) in [5.74, 6) is 11.2. The second-order valence-corrected chi connectivity index (χ2v) is 7.60. The Bertz CT molecular complexity index is 919. The minimum atomic E-state index is -0.829. The van der Waals surface area contributed by atoms with E-state index in [-0.39, 0.29) is 12.7 Å². The Morgan fingerprint density at radius 1 is 1.12 bits per heavy atom. The maximum absolute atomic E-state index is 11.6. The van der Waals surface area contributed by atoms with Crippen molar-refractivity contribution in [2.24, 2.45) is 0 Å². The number of hydrogen-bond acceptors (Lipinski definition) is 5. The maximum atomic E-state index is 11.6. The molecule has 0 radical (unpaired) electrons. The summed E-state index contributed by atoms with van der Waals surface area (Å²) in [5, 5.41) is 8.74. The van der Waals surface area contributed by atoms with Crippen LogP contribution in [0.25, 0.3) is 6.08 Å². The molecule has 1 N–H and O–H groups in total. The smallest absolute Gasteiger partial charge is 0.330 e. The second kappa shape index (κ2) is 15.7. The summed E-state index contributed by atoms with van der Waals surface area (Å²) in [6.07, 6.45) is 9.86. The van der Waals surface area contributed by atoms with Gasteiger partial charge in [-0.2, -0.15) is 0 Å². The molecule has 0 bridgehead atoms. The molecule has 6 nitrogen and oxygen atoms in total. The molecule has 1 heterocycles. The summed E-state index contributed by atoms with van der Waals surface area (Å²) in [7, 11) is 1.33. The lowest BCUT2D eigenvalue weighted by Gasteiger charge is -2.22. The lowest BCUT2D eigenvalue weighted by Crippen LogP contribution is -2.22. The molecule has 1 aromatic rings. The molecule has 1 aromatic carbocycles. The first-order valence-electron chi connectivity index (χ1n) is 11.4. The SMILES string of the molecule is COC(=O)/C=C/c1c(C#CCCCCOC2CCCCO2)cccc1C#CCCCC(=O)O. The lowest BCUT2D eigenvalue weighted by molar-refractivity contribution is -0.162. The van der Waals surface area contributed by atoms with Gasteiger partial charge in [-0.1, -0.05) is 29.7 Å². The predicted molar refractivity (Wildman–Crippen MR) is 126 cm³/mol. The lowest BCUT2D eigenvalue weighted by atomic mass is 10.00. The van der Waals surface area contributed by atoms with Crippen molar-refractivity contribution in [1.29, 1.82) is 0 Å². The number of hydrogen-bond donors (Lipinski definition) is 1. The first-order valence-corrected chi connectivity index (χ1v) is 11.4. The van der Waals surface area contributed by atoms with Crippen molar-refractivity contribution in [1.82, 2.24) is 0 Å². The van der Waals surface area contributed by atoms with E-state index >= 15 is 0 Å². The van der Waals surface area contributed by atoms with Gasteiger partial charge in [0, 0.05) is 55.2 Å². The summed E-state index contributed by atoms with van der Waals surface area (Å²) in [5.41, 5.74) is 2.26. The molecular weight excluding hydrogens is 420 g/mol. The molecule has 6 heteroatoms. The average molecular weight is 453 g/mol. The molecule has 0 aromatic heterocycles. The van der Waals surface area contributed by atoms with E-state index < -0.39 is 11.9 Å². The van der Waals surface area contributed by atoms with Gasteiger partial charge in [0.2, 0.25) is 0 Å². The van der Waals surface area contributed by atoms with E-state index in [9.17, 15) is 9.59 Å². The second-order valence-electron chi connectivity index (χ2n) is 7.60. The van der Waals surface area contributed by atoms with Crippen molar-refractivity contribution in [3.8, 4) is 23.7 Å². The largest absolute Gasteiger partial charge is 0.481 e. The van der Waals surface area contributed by atoms with Gasteiger partial charge in [-0.15, -0.1) is 0 Å². The van der Waals surface area contributed by atoms with E-state index in [1.165, 1.54) is 13.2 Å². The average Bonchev–Trinajstić information content (AvgIpc) is 2.82. The van der Waals surface area contributed by atoms with Crippen LogP contribution in [0.5, 0.6) is 0 Å². The highest BCUT2D eigenvalue weighted by atomic mass is 16.7. The van der Waals surface area contributed by atoms with Crippen LogP contribution in [-0.2, 0) is 23.8 Å². The molecule has 1 unspecified atom stereocenters. The Kier molecular flexibility index (Phi) is 12.5. The van der Waals surface area contributed by atoms with Crippen LogP contribution in [0.4, 0.5) is 0 Å². The van der Waals surface area contributed by atoms with Crippen LogP contribution >= 0.6 is 0 Å². The van der Waals surface area contributed by atoms with Gasteiger partial charge in [0.05, 0.1) is 7.11 Å². The highest BCUT2D eigenvalue weighted by Crippen LogP contribution is 2.17. The normalized spacial score (nSPS) is 15.2. The topological polar surface area (TPSA) is 82.1 Å². The molecule has 0 saturated carbocycles. The minimum Gasteiger partial charge on any atom is -0.481 e. The number of carbonyl (C=O) groups is 2. The fourth-order valence-electron chi connectivity index (χ4n) is 3.20. The highest BCUT2D eigenvalue weighted by molar-refractivity contribution is 5.88. The first kappa shape index (κ1) is 26.2. The quantitative estimate of drug-likeness (QED) is 0.243. The van der Waals surface area contributed by atoms with Crippen LogP contribution in [0.15, 0.2) is 24.3 Å². The number of carboxylic acid groups (broad SMARTS) is 1. The van der Waals surface area contributed by atoms with Gasteiger partial charge >= 0.3 is 11.9 Å². The van der Waals surface area contributed by atoms with E-state index in [1.807, 2.05) is 18.2 Å². The molecule has 176 valence electrons. The summed E-state index contributed by atoms with van der Waals surface area (Å²) < 4.78 is 16.0. The summed E-state index contributed by atoms with van der Waals surface area (Å²) in [6, 6.07) is 5.62. The van der Waals surface area contributed by atoms with Crippen molar-refractivity contribution in [3.05, 3.63) is 41.0 Å². The number of carboxylic acids is 1.